The molecule has 1 heterocycles. The number of hydrogen-bond donors (Lipinski definition) is 1. The standard InChI is InChI=1S/C12H21N3/c1-3-9(2)8-11-13-12(15-14-11)10-6-4-5-7-10/h9-10H,3-8H2,1-2H3,(H,13,14,15). The Morgan fingerprint density at radius 3 is 2.80 bits per heavy atom. The monoisotopic (exact) mass is 207 g/mol. The smallest absolute Gasteiger partial charge is 0.153 e. The highest BCUT2D eigenvalue weighted by molar-refractivity contribution is 5.00. The van der Waals surface area contributed by atoms with Crippen LogP contribution in [0.2, 0.25) is 0 Å². The minimum atomic E-state index is 0.631. The van der Waals surface area contributed by atoms with Crippen LogP contribution in [0.25, 0.3) is 0 Å². The SMILES string of the molecule is CCC(C)Cc1nc(C2CCCC2)n[nH]1. The fourth-order valence-electron chi connectivity index (χ4n) is 2.24. The molecule has 0 saturated heterocycles. The van der Waals surface area contributed by atoms with Crippen LogP contribution in [-0.4, -0.2) is 15.2 Å². The van der Waals surface area contributed by atoms with Gasteiger partial charge in [-0.2, -0.15) is 5.10 Å². The number of hydrogen-bond acceptors (Lipinski definition) is 2. The Morgan fingerprint density at radius 2 is 2.13 bits per heavy atom. The molecule has 0 spiro atoms. The summed E-state index contributed by atoms with van der Waals surface area (Å²) < 4.78 is 0. The van der Waals surface area contributed by atoms with E-state index in [1.54, 1.807) is 0 Å². The first-order valence-electron chi connectivity index (χ1n) is 6.20. The lowest BCUT2D eigenvalue weighted by molar-refractivity contribution is 0.544. The molecule has 15 heavy (non-hydrogen) atoms. The van der Waals surface area contributed by atoms with Gasteiger partial charge in [0.25, 0.3) is 0 Å². The number of rotatable bonds is 4. The second-order valence-electron chi connectivity index (χ2n) is 4.84. The lowest BCUT2D eigenvalue weighted by atomic mass is 10.1. The Kier molecular flexibility index (Phi) is 3.39. The van der Waals surface area contributed by atoms with E-state index in [0.717, 1.165) is 18.1 Å². The number of nitrogens with zero attached hydrogens (tertiary/aromatic N) is 2. The van der Waals surface area contributed by atoms with Crippen molar-refractivity contribution in [3.63, 3.8) is 0 Å². The maximum Gasteiger partial charge on any atom is 0.153 e. The number of nitrogens with one attached hydrogen (secondary N) is 1. The fraction of sp³-hybridized carbons (Fsp3) is 0.833. The van der Waals surface area contributed by atoms with Crippen LogP contribution < -0.4 is 0 Å². The molecule has 3 heteroatoms. The molecule has 1 atom stereocenters. The molecule has 0 amide bonds. The molecule has 2 rings (SSSR count). The van der Waals surface area contributed by atoms with Gasteiger partial charge in [-0.15, -0.1) is 0 Å². The van der Waals surface area contributed by atoms with E-state index < -0.39 is 0 Å². The zero-order valence-corrected chi connectivity index (χ0v) is 9.79. The second kappa shape index (κ2) is 4.77. The summed E-state index contributed by atoms with van der Waals surface area (Å²) in [6.07, 6.45) is 7.50. The largest absolute Gasteiger partial charge is 0.263 e. The van der Waals surface area contributed by atoms with Crippen molar-refractivity contribution in [1.82, 2.24) is 15.2 Å². The molecule has 1 N–H and O–H groups in total. The van der Waals surface area contributed by atoms with Gasteiger partial charge in [-0.25, -0.2) is 4.98 Å². The molecule has 1 aromatic heterocycles. The van der Waals surface area contributed by atoms with Crippen molar-refractivity contribution < 1.29 is 0 Å². The molecule has 0 bridgehead atoms. The maximum atomic E-state index is 4.61. The van der Waals surface area contributed by atoms with Crippen LogP contribution in [0.4, 0.5) is 0 Å². The molecule has 0 aliphatic heterocycles. The van der Waals surface area contributed by atoms with Crippen molar-refractivity contribution >= 4 is 0 Å². The minimum absolute atomic E-state index is 0.631. The Labute approximate surface area is 91.7 Å². The number of H-pyrrole nitrogens is 1. The highest BCUT2D eigenvalue weighted by Gasteiger charge is 2.21. The summed E-state index contributed by atoms with van der Waals surface area (Å²) in [5.74, 6) is 3.47. The first-order chi connectivity index (χ1) is 7.29. The van der Waals surface area contributed by atoms with Gasteiger partial charge >= 0.3 is 0 Å². The van der Waals surface area contributed by atoms with Crippen LogP contribution in [0.5, 0.6) is 0 Å². The summed E-state index contributed by atoms with van der Waals surface area (Å²) in [6.45, 7) is 4.48. The molecule has 3 nitrogen and oxygen atoms in total. The molecule has 1 saturated carbocycles. The predicted molar refractivity (Wildman–Crippen MR) is 60.8 cm³/mol. The van der Waals surface area contributed by atoms with Gasteiger partial charge in [-0.1, -0.05) is 33.1 Å². The summed E-state index contributed by atoms with van der Waals surface area (Å²) in [5, 5.41) is 7.44. The third kappa shape index (κ3) is 2.58. The zero-order valence-electron chi connectivity index (χ0n) is 9.79. The third-order valence-corrected chi connectivity index (χ3v) is 3.51. The lowest BCUT2D eigenvalue weighted by Crippen LogP contribution is -2.00. The Bertz CT molecular complexity index is 300. The highest BCUT2D eigenvalue weighted by atomic mass is 15.2. The normalized spacial score (nSPS) is 19.6. The van der Waals surface area contributed by atoms with Crippen molar-refractivity contribution in [2.24, 2.45) is 5.92 Å². The average Bonchev–Trinajstić information content (AvgIpc) is 2.85. The summed E-state index contributed by atoms with van der Waals surface area (Å²) in [4.78, 5) is 4.61. The van der Waals surface area contributed by atoms with E-state index in [-0.39, 0.29) is 0 Å². The highest BCUT2D eigenvalue weighted by Crippen LogP contribution is 2.31. The van der Waals surface area contributed by atoms with E-state index in [9.17, 15) is 0 Å². The summed E-state index contributed by atoms with van der Waals surface area (Å²) in [5.41, 5.74) is 0. The van der Waals surface area contributed by atoms with Crippen LogP contribution in [0.1, 0.15) is 63.5 Å². The van der Waals surface area contributed by atoms with Crippen LogP contribution in [0.15, 0.2) is 0 Å². The van der Waals surface area contributed by atoms with E-state index in [0.29, 0.717) is 11.8 Å². The molecule has 1 fully saturated rings. The van der Waals surface area contributed by atoms with Crippen molar-refractivity contribution in [2.75, 3.05) is 0 Å². The quantitative estimate of drug-likeness (QED) is 0.824. The van der Waals surface area contributed by atoms with Crippen molar-refractivity contribution in [1.29, 1.82) is 0 Å². The summed E-state index contributed by atoms with van der Waals surface area (Å²) in [6, 6.07) is 0. The van der Waals surface area contributed by atoms with Gasteiger partial charge in [0.05, 0.1) is 0 Å². The van der Waals surface area contributed by atoms with Crippen molar-refractivity contribution in [3.8, 4) is 0 Å². The van der Waals surface area contributed by atoms with Crippen LogP contribution in [-0.2, 0) is 6.42 Å². The van der Waals surface area contributed by atoms with E-state index in [1.165, 1.54) is 32.1 Å². The topological polar surface area (TPSA) is 41.6 Å². The molecule has 84 valence electrons. The molecule has 0 aromatic carbocycles. The summed E-state index contributed by atoms with van der Waals surface area (Å²) >= 11 is 0. The maximum absolute atomic E-state index is 4.61. The van der Waals surface area contributed by atoms with Crippen molar-refractivity contribution in [2.45, 2.75) is 58.3 Å². The molecule has 0 radical (unpaired) electrons. The van der Waals surface area contributed by atoms with E-state index in [1.807, 2.05) is 0 Å². The molecule has 1 aromatic rings. The molecular weight excluding hydrogens is 186 g/mol. The van der Waals surface area contributed by atoms with Gasteiger partial charge in [0.1, 0.15) is 5.82 Å². The van der Waals surface area contributed by atoms with Gasteiger partial charge in [0, 0.05) is 12.3 Å². The minimum Gasteiger partial charge on any atom is -0.263 e. The fourth-order valence-corrected chi connectivity index (χ4v) is 2.24. The van der Waals surface area contributed by atoms with Gasteiger partial charge in [-0.05, 0) is 18.8 Å². The van der Waals surface area contributed by atoms with Gasteiger partial charge in [0.2, 0.25) is 0 Å². The van der Waals surface area contributed by atoms with Crippen LogP contribution in [0, 0.1) is 5.92 Å². The first kappa shape index (κ1) is 10.7. The van der Waals surface area contributed by atoms with Gasteiger partial charge < -0.3 is 0 Å². The van der Waals surface area contributed by atoms with E-state index in [4.69, 9.17) is 0 Å². The molecule has 1 unspecified atom stereocenters. The van der Waals surface area contributed by atoms with E-state index in [2.05, 4.69) is 29.0 Å². The Hall–Kier alpha value is -0.860. The second-order valence-corrected chi connectivity index (χ2v) is 4.84. The van der Waals surface area contributed by atoms with Gasteiger partial charge in [-0.3, -0.25) is 5.10 Å². The Morgan fingerprint density at radius 1 is 1.40 bits per heavy atom. The first-order valence-corrected chi connectivity index (χ1v) is 6.20. The number of aromatic amines is 1. The Balaban J connectivity index is 1.97. The van der Waals surface area contributed by atoms with E-state index >= 15 is 0 Å². The van der Waals surface area contributed by atoms with Crippen LogP contribution in [0.3, 0.4) is 0 Å². The lowest BCUT2D eigenvalue weighted by Gasteiger charge is -2.04. The van der Waals surface area contributed by atoms with Crippen LogP contribution >= 0.6 is 0 Å². The molecular formula is C12H21N3. The summed E-state index contributed by atoms with van der Waals surface area (Å²) in [7, 11) is 0. The third-order valence-electron chi connectivity index (χ3n) is 3.51. The van der Waals surface area contributed by atoms with Gasteiger partial charge in [0.15, 0.2) is 5.82 Å². The van der Waals surface area contributed by atoms with Crippen molar-refractivity contribution in [3.05, 3.63) is 11.6 Å². The average molecular weight is 207 g/mol. The molecule has 1 aliphatic rings. The zero-order chi connectivity index (χ0) is 10.7. The predicted octanol–water partition coefficient (Wildman–Crippen LogP) is 3.05. The number of aromatic nitrogens is 3. The molecule has 1 aliphatic carbocycles.